The number of carbonyl (C=O) groups excluding carboxylic acids is 2. The van der Waals surface area contributed by atoms with Crippen LogP contribution in [0.4, 0.5) is 8.78 Å². The van der Waals surface area contributed by atoms with Crippen LogP contribution in [0.5, 0.6) is 0 Å². The van der Waals surface area contributed by atoms with Gasteiger partial charge in [-0.15, -0.1) is 0 Å². The second-order valence-corrected chi connectivity index (χ2v) is 4.97. The van der Waals surface area contributed by atoms with Crippen molar-refractivity contribution >= 4 is 11.9 Å². The first-order valence-electron chi connectivity index (χ1n) is 6.86. The Morgan fingerprint density at radius 3 is 2.86 bits per heavy atom. The average molecular weight is 300 g/mol. The maximum Gasteiger partial charge on any atom is 0.328 e. The Labute approximate surface area is 121 Å². The molecule has 2 rings (SSSR count). The second-order valence-electron chi connectivity index (χ2n) is 4.97. The minimum absolute atomic E-state index is 0.172. The first-order valence-corrected chi connectivity index (χ1v) is 6.86. The van der Waals surface area contributed by atoms with E-state index in [0.29, 0.717) is 13.0 Å². The van der Waals surface area contributed by atoms with Crippen molar-refractivity contribution in [1.29, 1.82) is 0 Å². The van der Waals surface area contributed by atoms with Crippen LogP contribution in [0.25, 0.3) is 0 Å². The van der Waals surface area contributed by atoms with Crippen LogP contribution in [-0.2, 0) is 16.1 Å². The van der Waals surface area contributed by atoms with Crippen molar-refractivity contribution in [2.24, 2.45) is 0 Å². The molecule has 1 atom stereocenters. The number of alkyl halides is 2. The van der Waals surface area contributed by atoms with Crippen molar-refractivity contribution in [3.63, 3.8) is 0 Å². The lowest BCUT2D eigenvalue weighted by molar-refractivity contribution is -0.147. The summed E-state index contributed by atoms with van der Waals surface area (Å²) in [4.78, 5) is 25.7. The van der Waals surface area contributed by atoms with Gasteiger partial charge in [-0.05, 0) is 31.4 Å². The van der Waals surface area contributed by atoms with Gasteiger partial charge >= 0.3 is 5.97 Å². The lowest BCUT2D eigenvalue weighted by atomic mass is 10.0. The van der Waals surface area contributed by atoms with Gasteiger partial charge < -0.3 is 14.2 Å². The number of carbonyl (C=O) groups is 2. The van der Waals surface area contributed by atoms with Crippen LogP contribution in [-0.4, -0.2) is 47.5 Å². The number of esters is 1. The highest BCUT2D eigenvalue weighted by Crippen LogP contribution is 2.21. The highest BCUT2D eigenvalue weighted by molar-refractivity contribution is 5.95. The molecule has 1 aliphatic rings. The Kier molecular flexibility index (Phi) is 4.93. The molecule has 7 heteroatoms. The van der Waals surface area contributed by atoms with Gasteiger partial charge in [0.2, 0.25) is 0 Å². The van der Waals surface area contributed by atoms with Crippen molar-refractivity contribution < 1.29 is 23.1 Å². The van der Waals surface area contributed by atoms with Crippen LogP contribution in [0.15, 0.2) is 18.3 Å². The maximum absolute atomic E-state index is 12.5. The van der Waals surface area contributed by atoms with Crippen LogP contribution in [0.1, 0.15) is 29.8 Å². The molecule has 0 aliphatic carbocycles. The monoisotopic (exact) mass is 300 g/mol. The molecular weight excluding hydrogens is 282 g/mol. The summed E-state index contributed by atoms with van der Waals surface area (Å²) in [5.41, 5.74) is 0.172. The SMILES string of the molecule is COC(=O)[C@H]1CCCCN1C(=O)c1cccn1CC(F)F. The molecule has 1 aromatic rings. The molecule has 0 saturated carbocycles. The van der Waals surface area contributed by atoms with E-state index in [4.69, 9.17) is 4.74 Å². The Balaban J connectivity index is 2.21. The minimum Gasteiger partial charge on any atom is -0.467 e. The largest absolute Gasteiger partial charge is 0.467 e. The zero-order valence-electron chi connectivity index (χ0n) is 11.8. The summed E-state index contributed by atoms with van der Waals surface area (Å²) in [5, 5.41) is 0. The normalized spacial score (nSPS) is 18.9. The third-order valence-electron chi connectivity index (χ3n) is 3.62. The van der Waals surface area contributed by atoms with E-state index in [1.807, 2.05) is 0 Å². The number of hydrogen-bond acceptors (Lipinski definition) is 3. The molecule has 0 radical (unpaired) electrons. The van der Waals surface area contributed by atoms with E-state index < -0.39 is 30.9 Å². The van der Waals surface area contributed by atoms with Crippen LogP contribution in [0.3, 0.4) is 0 Å². The zero-order chi connectivity index (χ0) is 15.4. The average Bonchev–Trinajstić information content (AvgIpc) is 2.93. The van der Waals surface area contributed by atoms with Crippen molar-refractivity contribution in [1.82, 2.24) is 9.47 Å². The maximum atomic E-state index is 12.5. The minimum atomic E-state index is -2.54. The van der Waals surface area contributed by atoms with Crippen LogP contribution in [0, 0.1) is 0 Å². The molecule has 1 fully saturated rings. The standard InChI is InChI=1S/C14H18F2N2O3/c1-21-14(20)11-5-2-3-8-18(11)13(19)10-6-4-7-17(10)9-12(15)16/h4,6-7,11-12H,2-3,5,8-9H2,1H3/t11-/m1/s1. The Hall–Kier alpha value is -1.92. The number of likely N-dealkylation sites (tertiary alicyclic amines) is 1. The van der Waals surface area contributed by atoms with Gasteiger partial charge in [-0.1, -0.05) is 0 Å². The van der Waals surface area contributed by atoms with Gasteiger partial charge in [0.25, 0.3) is 12.3 Å². The topological polar surface area (TPSA) is 51.5 Å². The van der Waals surface area contributed by atoms with E-state index in [2.05, 4.69) is 0 Å². The summed E-state index contributed by atoms with van der Waals surface area (Å²) in [6.45, 7) is -0.108. The van der Waals surface area contributed by atoms with Crippen LogP contribution in [0.2, 0.25) is 0 Å². The number of rotatable bonds is 4. The number of aromatic nitrogens is 1. The first-order chi connectivity index (χ1) is 10.0. The van der Waals surface area contributed by atoms with Crippen molar-refractivity contribution in [3.05, 3.63) is 24.0 Å². The Bertz CT molecular complexity index is 516. The van der Waals surface area contributed by atoms with Gasteiger partial charge in [0.15, 0.2) is 0 Å². The Morgan fingerprint density at radius 1 is 1.43 bits per heavy atom. The number of halogens is 2. The molecule has 2 heterocycles. The van der Waals surface area contributed by atoms with Gasteiger partial charge in [0.05, 0.1) is 13.7 Å². The summed E-state index contributed by atoms with van der Waals surface area (Å²) >= 11 is 0. The highest BCUT2D eigenvalue weighted by Gasteiger charge is 2.34. The van der Waals surface area contributed by atoms with Crippen LogP contribution >= 0.6 is 0 Å². The molecule has 1 amide bonds. The molecule has 116 valence electrons. The molecule has 21 heavy (non-hydrogen) atoms. The quantitative estimate of drug-likeness (QED) is 0.798. The fourth-order valence-corrected chi connectivity index (χ4v) is 2.62. The number of piperidine rings is 1. The van der Waals surface area contributed by atoms with E-state index in [9.17, 15) is 18.4 Å². The van der Waals surface area contributed by atoms with Gasteiger partial charge in [-0.2, -0.15) is 0 Å². The van der Waals surface area contributed by atoms with Gasteiger partial charge in [-0.25, -0.2) is 13.6 Å². The summed E-state index contributed by atoms with van der Waals surface area (Å²) < 4.78 is 31.0. The summed E-state index contributed by atoms with van der Waals surface area (Å²) in [6.07, 6.45) is 1.06. The molecule has 1 saturated heterocycles. The predicted octanol–water partition coefficient (Wildman–Crippen LogP) is 1.92. The third-order valence-corrected chi connectivity index (χ3v) is 3.62. The smallest absolute Gasteiger partial charge is 0.328 e. The molecule has 1 aliphatic heterocycles. The molecule has 1 aromatic heterocycles. The fourth-order valence-electron chi connectivity index (χ4n) is 2.62. The molecule has 5 nitrogen and oxygen atoms in total. The van der Waals surface area contributed by atoms with E-state index in [0.717, 1.165) is 12.8 Å². The number of amides is 1. The predicted molar refractivity (Wildman–Crippen MR) is 71.1 cm³/mol. The van der Waals surface area contributed by atoms with E-state index in [-0.39, 0.29) is 5.69 Å². The lowest BCUT2D eigenvalue weighted by Crippen LogP contribution is -2.49. The Morgan fingerprint density at radius 2 is 2.19 bits per heavy atom. The molecule has 0 bridgehead atoms. The number of methoxy groups -OCH3 is 1. The zero-order valence-corrected chi connectivity index (χ0v) is 11.8. The van der Waals surface area contributed by atoms with E-state index in [1.165, 1.54) is 28.8 Å². The number of nitrogens with zero attached hydrogens (tertiary/aromatic N) is 2. The number of hydrogen-bond donors (Lipinski definition) is 0. The summed E-state index contributed by atoms with van der Waals surface area (Å²) in [5.74, 6) is -0.870. The molecule has 0 spiro atoms. The van der Waals surface area contributed by atoms with Gasteiger partial charge in [0, 0.05) is 12.7 Å². The van der Waals surface area contributed by atoms with Crippen molar-refractivity contribution in [2.75, 3.05) is 13.7 Å². The van der Waals surface area contributed by atoms with Crippen molar-refractivity contribution in [2.45, 2.75) is 38.3 Å². The molecule has 0 unspecified atom stereocenters. The molecule has 0 N–H and O–H groups in total. The van der Waals surface area contributed by atoms with E-state index >= 15 is 0 Å². The van der Waals surface area contributed by atoms with Gasteiger partial charge in [-0.3, -0.25) is 4.79 Å². The van der Waals surface area contributed by atoms with Crippen LogP contribution < -0.4 is 0 Å². The first kappa shape index (κ1) is 15.5. The van der Waals surface area contributed by atoms with Gasteiger partial charge in [0.1, 0.15) is 11.7 Å². The van der Waals surface area contributed by atoms with E-state index in [1.54, 1.807) is 6.07 Å². The molecule has 0 aromatic carbocycles. The molecular formula is C14H18F2N2O3. The number of ether oxygens (including phenoxy) is 1. The third kappa shape index (κ3) is 3.40. The lowest BCUT2D eigenvalue weighted by Gasteiger charge is -2.33. The summed E-state index contributed by atoms with van der Waals surface area (Å²) in [6, 6.07) is 2.41. The highest BCUT2D eigenvalue weighted by atomic mass is 19.3. The summed E-state index contributed by atoms with van der Waals surface area (Å²) in [7, 11) is 1.28. The second kappa shape index (κ2) is 6.69. The van der Waals surface area contributed by atoms with Crippen molar-refractivity contribution in [3.8, 4) is 0 Å². The fraction of sp³-hybridized carbons (Fsp3) is 0.571.